The van der Waals surface area contributed by atoms with Gasteiger partial charge in [-0.2, -0.15) is 9.67 Å². The average molecular weight is 440 g/mol. The zero-order chi connectivity index (χ0) is 21.7. The molecular formula is C20H20N6O4S. The lowest BCUT2D eigenvalue weighted by atomic mass is 10.2. The highest BCUT2D eigenvalue weighted by Gasteiger charge is 2.20. The van der Waals surface area contributed by atoms with Gasteiger partial charge in [0.25, 0.3) is 0 Å². The number of tetrazole rings is 1. The van der Waals surface area contributed by atoms with E-state index in [9.17, 15) is 8.42 Å². The molecule has 0 aliphatic heterocycles. The van der Waals surface area contributed by atoms with Crippen molar-refractivity contribution in [3.8, 4) is 22.8 Å². The van der Waals surface area contributed by atoms with Crippen LogP contribution in [0.25, 0.3) is 17.1 Å². The number of aromatic nitrogens is 6. The van der Waals surface area contributed by atoms with Gasteiger partial charge in [0, 0.05) is 6.42 Å². The molecule has 0 fully saturated rings. The largest absolute Gasteiger partial charge is 0.496 e. The van der Waals surface area contributed by atoms with E-state index in [4.69, 9.17) is 9.26 Å². The first-order valence-corrected chi connectivity index (χ1v) is 11.4. The van der Waals surface area contributed by atoms with Crippen molar-refractivity contribution < 1.29 is 17.7 Å². The van der Waals surface area contributed by atoms with E-state index in [-0.39, 0.29) is 23.2 Å². The molecule has 0 saturated carbocycles. The third-order valence-corrected chi connectivity index (χ3v) is 6.15. The molecule has 0 unspecified atom stereocenters. The summed E-state index contributed by atoms with van der Waals surface area (Å²) in [5.74, 6) is 1.10. The summed E-state index contributed by atoms with van der Waals surface area (Å²) in [4.78, 5) is 4.21. The first kappa shape index (κ1) is 20.7. The van der Waals surface area contributed by atoms with Crippen LogP contribution in [-0.2, 0) is 22.0 Å². The van der Waals surface area contributed by atoms with Crippen molar-refractivity contribution >= 4 is 9.84 Å². The molecule has 0 radical (unpaired) electrons. The molecule has 4 rings (SSSR count). The SMILES string of the molecule is COc1ccccc1-c1noc(CS(=O)(=O)CCCc2nnnn2-c2ccccc2)n1. The molecule has 0 saturated heterocycles. The predicted octanol–water partition coefficient (Wildman–Crippen LogP) is 2.27. The van der Waals surface area contributed by atoms with Gasteiger partial charge < -0.3 is 9.26 Å². The van der Waals surface area contributed by atoms with Gasteiger partial charge in [0.1, 0.15) is 11.5 Å². The molecule has 10 nitrogen and oxygen atoms in total. The predicted molar refractivity (Wildman–Crippen MR) is 111 cm³/mol. The Bertz CT molecular complexity index is 1250. The number of aryl methyl sites for hydroxylation is 1. The topological polar surface area (TPSA) is 126 Å². The molecule has 0 amide bonds. The van der Waals surface area contributed by atoms with Crippen molar-refractivity contribution in [3.63, 3.8) is 0 Å². The van der Waals surface area contributed by atoms with E-state index in [2.05, 4.69) is 25.7 Å². The van der Waals surface area contributed by atoms with Crippen LogP contribution in [0.5, 0.6) is 5.75 Å². The Hall–Kier alpha value is -3.60. The minimum Gasteiger partial charge on any atom is -0.496 e. The number of hydrogen-bond donors (Lipinski definition) is 0. The summed E-state index contributed by atoms with van der Waals surface area (Å²) in [5, 5.41) is 15.6. The van der Waals surface area contributed by atoms with Crippen molar-refractivity contribution in [2.45, 2.75) is 18.6 Å². The maximum Gasteiger partial charge on any atom is 0.242 e. The van der Waals surface area contributed by atoms with Crippen LogP contribution in [0.1, 0.15) is 18.1 Å². The second-order valence-electron chi connectivity index (χ2n) is 6.75. The Morgan fingerprint density at radius 2 is 1.84 bits per heavy atom. The Labute approximate surface area is 178 Å². The maximum atomic E-state index is 12.5. The standard InChI is InChI=1S/C20H20N6O4S/c1-29-17-11-6-5-10-16(17)20-21-19(30-23-20)14-31(27,28)13-7-12-18-22-24-25-26(18)15-8-3-2-4-9-15/h2-6,8-11H,7,12-14H2,1H3. The lowest BCUT2D eigenvalue weighted by Gasteiger charge is -2.04. The van der Waals surface area contributed by atoms with Crippen LogP contribution in [0, 0.1) is 0 Å². The molecule has 31 heavy (non-hydrogen) atoms. The fourth-order valence-corrected chi connectivity index (χ4v) is 4.32. The summed E-state index contributed by atoms with van der Waals surface area (Å²) in [7, 11) is -1.92. The number of methoxy groups -OCH3 is 1. The number of nitrogens with zero attached hydrogens (tertiary/aromatic N) is 6. The minimum absolute atomic E-state index is 0.0371. The van der Waals surface area contributed by atoms with Crippen LogP contribution in [-0.4, -0.2) is 51.6 Å². The quantitative estimate of drug-likeness (QED) is 0.385. The summed E-state index contributed by atoms with van der Waals surface area (Å²) < 4.78 is 37.1. The van der Waals surface area contributed by atoms with Gasteiger partial charge in [-0.25, -0.2) is 8.42 Å². The van der Waals surface area contributed by atoms with Gasteiger partial charge in [-0.3, -0.25) is 0 Å². The summed E-state index contributed by atoms with van der Waals surface area (Å²) in [5.41, 5.74) is 1.45. The Balaban J connectivity index is 1.38. The highest BCUT2D eigenvalue weighted by molar-refractivity contribution is 7.90. The Kier molecular flexibility index (Phi) is 6.03. The molecule has 0 bridgehead atoms. The number of rotatable bonds is 9. The number of sulfone groups is 1. The molecule has 160 valence electrons. The van der Waals surface area contributed by atoms with Crippen LogP contribution in [0.15, 0.2) is 59.1 Å². The molecule has 2 aromatic carbocycles. The van der Waals surface area contributed by atoms with Crippen molar-refractivity contribution in [2.24, 2.45) is 0 Å². The molecule has 2 aromatic heterocycles. The second kappa shape index (κ2) is 9.04. The van der Waals surface area contributed by atoms with Gasteiger partial charge in [0.05, 0.1) is 24.1 Å². The van der Waals surface area contributed by atoms with E-state index in [1.807, 2.05) is 42.5 Å². The van der Waals surface area contributed by atoms with E-state index in [0.29, 0.717) is 30.0 Å². The molecular weight excluding hydrogens is 420 g/mol. The Morgan fingerprint density at radius 1 is 1.06 bits per heavy atom. The van der Waals surface area contributed by atoms with Crippen LogP contribution >= 0.6 is 0 Å². The molecule has 0 atom stereocenters. The zero-order valence-electron chi connectivity index (χ0n) is 16.7. The normalized spacial score (nSPS) is 11.5. The van der Waals surface area contributed by atoms with Crippen LogP contribution < -0.4 is 4.74 Å². The van der Waals surface area contributed by atoms with E-state index in [0.717, 1.165) is 5.69 Å². The third kappa shape index (κ3) is 4.94. The van der Waals surface area contributed by atoms with Gasteiger partial charge in [0.2, 0.25) is 11.7 Å². The number of ether oxygens (including phenoxy) is 1. The van der Waals surface area contributed by atoms with E-state index in [1.54, 1.807) is 23.9 Å². The number of hydrogen-bond acceptors (Lipinski definition) is 9. The van der Waals surface area contributed by atoms with E-state index >= 15 is 0 Å². The summed E-state index contributed by atoms with van der Waals surface area (Å²) in [6, 6.07) is 16.6. The summed E-state index contributed by atoms with van der Waals surface area (Å²) in [6.07, 6.45) is 0.778. The fourth-order valence-electron chi connectivity index (χ4n) is 3.09. The minimum atomic E-state index is -3.46. The zero-order valence-corrected chi connectivity index (χ0v) is 17.6. The van der Waals surface area contributed by atoms with Crippen LogP contribution in [0.3, 0.4) is 0 Å². The van der Waals surface area contributed by atoms with E-state index < -0.39 is 9.84 Å². The molecule has 11 heteroatoms. The highest BCUT2D eigenvalue weighted by Crippen LogP contribution is 2.27. The maximum absolute atomic E-state index is 12.5. The lowest BCUT2D eigenvalue weighted by Crippen LogP contribution is -2.12. The van der Waals surface area contributed by atoms with Gasteiger partial charge >= 0.3 is 0 Å². The van der Waals surface area contributed by atoms with E-state index in [1.165, 1.54) is 0 Å². The lowest BCUT2D eigenvalue weighted by molar-refractivity contribution is 0.388. The van der Waals surface area contributed by atoms with Crippen molar-refractivity contribution in [1.29, 1.82) is 0 Å². The molecule has 0 aliphatic rings. The van der Waals surface area contributed by atoms with Gasteiger partial charge in [0.15, 0.2) is 15.7 Å². The first-order valence-electron chi connectivity index (χ1n) is 9.55. The summed E-state index contributed by atoms with van der Waals surface area (Å²) >= 11 is 0. The van der Waals surface area contributed by atoms with Gasteiger partial charge in [-0.1, -0.05) is 35.5 Å². The van der Waals surface area contributed by atoms with Crippen LogP contribution in [0.2, 0.25) is 0 Å². The number of para-hydroxylation sites is 2. The molecule has 4 aromatic rings. The number of benzene rings is 2. The Morgan fingerprint density at radius 3 is 2.65 bits per heavy atom. The molecule has 0 aliphatic carbocycles. The fraction of sp³-hybridized carbons (Fsp3) is 0.250. The third-order valence-electron chi connectivity index (χ3n) is 4.55. The summed E-state index contributed by atoms with van der Waals surface area (Å²) in [6.45, 7) is 0. The van der Waals surface area contributed by atoms with Crippen LogP contribution in [0.4, 0.5) is 0 Å². The van der Waals surface area contributed by atoms with Crippen molar-refractivity contribution in [1.82, 2.24) is 30.3 Å². The first-order chi connectivity index (χ1) is 15.1. The van der Waals surface area contributed by atoms with Gasteiger partial charge in [-0.05, 0) is 41.1 Å². The average Bonchev–Trinajstić information content (AvgIpc) is 3.43. The molecule has 0 N–H and O–H groups in total. The molecule has 2 heterocycles. The smallest absolute Gasteiger partial charge is 0.242 e. The highest BCUT2D eigenvalue weighted by atomic mass is 32.2. The second-order valence-corrected chi connectivity index (χ2v) is 8.93. The van der Waals surface area contributed by atoms with Crippen molar-refractivity contribution in [3.05, 3.63) is 66.3 Å². The van der Waals surface area contributed by atoms with Crippen molar-refractivity contribution in [2.75, 3.05) is 12.9 Å². The monoisotopic (exact) mass is 440 g/mol. The molecule has 0 spiro atoms. The van der Waals surface area contributed by atoms with Gasteiger partial charge in [-0.15, -0.1) is 5.10 Å².